The summed E-state index contributed by atoms with van der Waals surface area (Å²) in [5, 5.41) is 3.66. The van der Waals surface area contributed by atoms with Crippen molar-refractivity contribution in [3.63, 3.8) is 0 Å². The van der Waals surface area contributed by atoms with Crippen LogP contribution in [-0.2, 0) is 5.75 Å². The van der Waals surface area contributed by atoms with Gasteiger partial charge in [-0.3, -0.25) is 0 Å². The number of hydrogen-bond acceptors (Lipinski definition) is 3. The van der Waals surface area contributed by atoms with Crippen molar-refractivity contribution in [3.8, 4) is 0 Å². The fourth-order valence-electron chi connectivity index (χ4n) is 0.824. The van der Waals surface area contributed by atoms with E-state index in [1.165, 1.54) is 23.9 Å². The molecule has 0 radical (unpaired) electrons. The minimum absolute atomic E-state index is 0.110. The van der Waals surface area contributed by atoms with Crippen molar-refractivity contribution in [2.75, 3.05) is 0 Å². The van der Waals surface area contributed by atoms with Crippen molar-refractivity contribution in [3.05, 3.63) is 34.6 Å². The van der Waals surface area contributed by atoms with Gasteiger partial charge in [0.25, 0.3) is 0 Å². The largest absolute Gasteiger partial charge is 0.377 e. The number of hydrazone groups is 1. The summed E-state index contributed by atoms with van der Waals surface area (Å²) in [5.41, 5.74) is 6.14. The van der Waals surface area contributed by atoms with Gasteiger partial charge in [-0.25, -0.2) is 4.39 Å². The van der Waals surface area contributed by atoms with E-state index in [-0.39, 0.29) is 10.2 Å². The molecule has 0 fully saturated rings. The van der Waals surface area contributed by atoms with E-state index in [1.807, 2.05) is 0 Å². The van der Waals surface area contributed by atoms with Gasteiger partial charge in [-0.15, -0.1) is 0 Å². The second-order valence-corrected chi connectivity index (χ2v) is 3.91. The molecule has 1 aromatic carbocycles. The molecule has 0 aliphatic rings. The van der Waals surface area contributed by atoms with E-state index in [1.54, 1.807) is 6.07 Å². The van der Waals surface area contributed by atoms with Gasteiger partial charge in [-0.05, 0) is 17.7 Å². The number of amidine groups is 1. The number of nitrogens with two attached hydrogens (primary N) is 2. The van der Waals surface area contributed by atoms with E-state index in [2.05, 4.69) is 5.10 Å². The van der Waals surface area contributed by atoms with Gasteiger partial charge < -0.3 is 11.6 Å². The van der Waals surface area contributed by atoms with E-state index >= 15 is 0 Å². The Morgan fingerprint density at radius 2 is 2.29 bits per heavy atom. The van der Waals surface area contributed by atoms with Crippen LogP contribution in [0.5, 0.6) is 0 Å². The molecule has 3 nitrogen and oxygen atoms in total. The zero-order valence-corrected chi connectivity index (χ0v) is 8.78. The van der Waals surface area contributed by atoms with Crippen LogP contribution in [-0.4, -0.2) is 5.17 Å². The molecule has 0 saturated carbocycles. The minimum Gasteiger partial charge on any atom is -0.377 e. The maximum Gasteiger partial charge on any atom is 0.177 e. The molecule has 0 aliphatic heterocycles. The molecule has 0 saturated heterocycles. The maximum absolute atomic E-state index is 13.0. The first-order valence-electron chi connectivity index (χ1n) is 3.73. The molecule has 0 aliphatic carbocycles. The normalized spacial score (nSPS) is 11.7. The lowest BCUT2D eigenvalue weighted by atomic mass is 10.2. The zero-order valence-electron chi connectivity index (χ0n) is 7.21. The van der Waals surface area contributed by atoms with Gasteiger partial charge >= 0.3 is 0 Å². The van der Waals surface area contributed by atoms with Gasteiger partial charge in [0.2, 0.25) is 0 Å². The van der Waals surface area contributed by atoms with E-state index in [0.717, 1.165) is 5.56 Å². The number of nitrogens with zero attached hydrogens (tertiary/aromatic N) is 1. The van der Waals surface area contributed by atoms with Gasteiger partial charge in [0, 0.05) is 5.75 Å². The number of benzene rings is 1. The molecule has 14 heavy (non-hydrogen) atoms. The van der Waals surface area contributed by atoms with Crippen molar-refractivity contribution < 1.29 is 4.39 Å². The molecule has 0 heterocycles. The third kappa shape index (κ3) is 3.08. The molecule has 1 rings (SSSR count). The number of rotatable bonds is 2. The maximum atomic E-state index is 13.0. The van der Waals surface area contributed by atoms with Crippen LogP contribution in [0, 0.1) is 5.82 Å². The van der Waals surface area contributed by atoms with Crippen LogP contribution in [0.25, 0.3) is 0 Å². The third-order valence-corrected chi connectivity index (χ3v) is 2.68. The van der Waals surface area contributed by atoms with Gasteiger partial charge in [0.15, 0.2) is 5.17 Å². The Labute approximate surface area is 90.3 Å². The van der Waals surface area contributed by atoms with Crippen molar-refractivity contribution in [2.45, 2.75) is 5.75 Å². The first-order chi connectivity index (χ1) is 6.63. The predicted octanol–water partition coefficient (Wildman–Crippen LogP) is 1.90. The smallest absolute Gasteiger partial charge is 0.177 e. The molecule has 0 amide bonds. The highest BCUT2D eigenvalue weighted by atomic mass is 35.5. The Kier molecular flexibility index (Phi) is 4.03. The Bertz CT molecular complexity index is 356. The SMILES string of the molecule is N/N=C(/N)SCc1ccc(Cl)c(F)c1. The first-order valence-corrected chi connectivity index (χ1v) is 5.10. The second kappa shape index (κ2) is 5.07. The topological polar surface area (TPSA) is 64.4 Å². The predicted molar refractivity (Wildman–Crippen MR) is 58.5 cm³/mol. The molecule has 0 bridgehead atoms. The lowest BCUT2D eigenvalue weighted by Crippen LogP contribution is -2.09. The molecule has 6 heteroatoms. The standard InChI is InChI=1S/C8H9ClFN3S/c9-6-2-1-5(3-7(6)10)4-14-8(11)13-12/h1-3H,4,12H2,(H2,11,13). The van der Waals surface area contributed by atoms with E-state index in [0.29, 0.717) is 5.75 Å². The summed E-state index contributed by atoms with van der Waals surface area (Å²) in [7, 11) is 0. The average molecular weight is 234 g/mol. The quantitative estimate of drug-likeness (QED) is 0.355. The average Bonchev–Trinajstić information content (AvgIpc) is 2.19. The molecule has 0 unspecified atom stereocenters. The van der Waals surface area contributed by atoms with E-state index in [4.69, 9.17) is 23.2 Å². The summed E-state index contributed by atoms with van der Waals surface area (Å²) < 4.78 is 13.0. The molecule has 0 spiro atoms. The van der Waals surface area contributed by atoms with Crippen LogP contribution < -0.4 is 11.6 Å². The van der Waals surface area contributed by atoms with Crippen LogP contribution in [0.15, 0.2) is 23.3 Å². The van der Waals surface area contributed by atoms with Crippen LogP contribution in [0.1, 0.15) is 5.56 Å². The Morgan fingerprint density at radius 1 is 1.57 bits per heavy atom. The van der Waals surface area contributed by atoms with Crippen LogP contribution >= 0.6 is 23.4 Å². The molecule has 0 aromatic heterocycles. The van der Waals surface area contributed by atoms with Crippen LogP contribution in [0.2, 0.25) is 5.02 Å². The van der Waals surface area contributed by atoms with Crippen LogP contribution in [0.4, 0.5) is 4.39 Å². The summed E-state index contributed by atoms with van der Waals surface area (Å²) in [6.07, 6.45) is 0. The monoisotopic (exact) mass is 233 g/mol. The number of thioether (sulfide) groups is 1. The summed E-state index contributed by atoms with van der Waals surface area (Å²) in [6, 6.07) is 4.59. The molecular weight excluding hydrogens is 225 g/mol. The van der Waals surface area contributed by atoms with Gasteiger partial charge in [0.1, 0.15) is 5.82 Å². The highest BCUT2D eigenvalue weighted by Gasteiger charge is 2.02. The van der Waals surface area contributed by atoms with Crippen molar-refractivity contribution >= 4 is 28.5 Å². The highest BCUT2D eigenvalue weighted by Crippen LogP contribution is 2.18. The van der Waals surface area contributed by atoms with Crippen molar-refractivity contribution in [1.29, 1.82) is 0 Å². The van der Waals surface area contributed by atoms with Gasteiger partial charge in [-0.2, -0.15) is 5.10 Å². The highest BCUT2D eigenvalue weighted by molar-refractivity contribution is 8.13. The molecular formula is C8H9ClFN3S. The third-order valence-electron chi connectivity index (χ3n) is 1.50. The van der Waals surface area contributed by atoms with Gasteiger partial charge in [-0.1, -0.05) is 29.4 Å². The van der Waals surface area contributed by atoms with E-state index < -0.39 is 5.82 Å². The Balaban J connectivity index is 2.64. The number of halogens is 2. The van der Waals surface area contributed by atoms with Crippen molar-refractivity contribution in [1.82, 2.24) is 0 Å². The summed E-state index contributed by atoms with van der Waals surface area (Å²) >= 11 is 6.76. The molecule has 0 atom stereocenters. The fraction of sp³-hybridized carbons (Fsp3) is 0.125. The molecule has 76 valence electrons. The fourth-order valence-corrected chi connectivity index (χ4v) is 1.51. The second-order valence-electron chi connectivity index (χ2n) is 2.50. The summed E-state index contributed by atoms with van der Waals surface area (Å²) in [5.74, 6) is 5.01. The van der Waals surface area contributed by atoms with Crippen LogP contribution in [0.3, 0.4) is 0 Å². The lowest BCUT2D eigenvalue weighted by Gasteiger charge is -2.01. The summed E-state index contributed by atoms with van der Waals surface area (Å²) in [6.45, 7) is 0. The Morgan fingerprint density at radius 3 is 2.86 bits per heavy atom. The zero-order chi connectivity index (χ0) is 10.6. The van der Waals surface area contributed by atoms with Crippen molar-refractivity contribution in [2.24, 2.45) is 16.7 Å². The minimum atomic E-state index is -0.437. The number of hydrogen-bond donors (Lipinski definition) is 2. The molecule has 4 N–H and O–H groups in total. The first kappa shape index (κ1) is 11.1. The summed E-state index contributed by atoms with van der Waals surface area (Å²) in [4.78, 5) is 0. The van der Waals surface area contributed by atoms with E-state index in [9.17, 15) is 4.39 Å². The van der Waals surface area contributed by atoms with Gasteiger partial charge in [0.05, 0.1) is 5.02 Å². The molecule has 1 aromatic rings. The Hall–Kier alpha value is -0.940. The lowest BCUT2D eigenvalue weighted by molar-refractivity contribution is 0.627.